The monoisotopic (exact) mass is 396 g/mol. The van der Waals surface area contributed by atoms with Crippen LogP contribution in [-0.4, -0.2) is 69.7 Å². The molecule has 1 saturated heterocycles. The number of carbonyl (C=O) groups is 2. The highest BCUT2D eigenvalue weighted by Crippen LogP contribution is 2.16. The van der Waals surface area contributed by atoms with E-state index >= 15 is 0 Å². The minimum absolute atomic E-state index is 0.0784. The van der Waals surface area contributed by atoms with Crippen molar-refractivity contribution < 1.29 is 18.0 Å². The lowest BCUT2D eigenvalue weighted by Gasteiger charge is -2.31. The fourth-order valence-electron chi connectivity index (χ4n) is 3.09. The van der Waals surface area contributed by atoms with E-state index in [4.69, 9.17) is 5.73 Å². The van der Waals surface area contributed by atoms with Crippen molar-refractivity contribution in [2.75, 3.05) is 40.3 Å². The van der Waals surface area contributed by atoms with E-state index in [1.807, 2.05) is 0 Å². The number of sulfonamides is 1. The van der Waals surface area contributed by atoms with Crippen LogP contribution in [0.1, 0.15) is 29.6 Å². The van der Waals surface area contributed by atoms with E-state index in [1.165, 1.54) is 38.4 Å². The zero-order valence-corrected chi connectivity index (χ0v) is 16.7. The zero-order chi connectivity index (χ0) is 20.0. The lowest BCUT2D eigenvalue weighted by molar-refractivity contribution is -0.123. The van der Waals surface area contributed by atoms with Crippen molar-refractivity contribution in [1.29, 1.82) is 0 Å². The molecule has 1 aromatic rings. The van der Waals surface area contributed by atoms with E-state index in [0.29, 0.717) is 18.7 Å². The number of benzene rings is 1. The Morgan fingerprint density at radius 3 is 2.52 bits per heavy atom. The van der Waals surface area contributed by atoms with Crippen LogP contribution in [-0.2, 0) is 14.8 Å². The van der Waals surface area contributed by atoms with Crippen LogP contribution in [0.4, 0.5) is 0 Å². The molecular formula is C18H28N4O4S. The van der Waals surface area contributed by atoms with E-state index in [0.717, 1.165) is 36.7 Å². The van der Waals surface area contributed by atoms with Gasteiger partial charge in [0.15, 0.2) is 0 Å². The van der Waals surface area contributed by atoms with Crippen molar-refractivity contribution in [2.24, 2.45) is 11.7 Å². The van der Waals surface area contributed by atoms with Gasteiger partial charge in [-0.1, -0.05) is 0 Å². The highest BCUT2D eigenvalue weighted by Gasteiger charge is 2.23. The van der Waals surface area contributed by atoms with Gasteiger partial charge in [-0.2, -0.15) is 0 Å². The smallest absolute Gasteiger partial charge is 0.251 e. The first-order valence-corrected chi connectivity index (χ1v) is 10.5. The van der Waals surface area contributed by atoms with E-state index in [1.54, 1.807) is 0 Å². The summed E-state index contributed by atoms with van der Waals surface area (Å²) in [6.45, 7) is 2.93. The molecule has 0 radical (unpaired) electrons. The van der Waals surface area contributed by atoms with Gasteiger partial charge >= 0.3 is 0 Å². The lowest BCUT2D eigenvalue weighted by Crippen LogP contribution is -2.42. The quantitative estimate of drug-likeness (QED) is 0.612. The molecule has 9 heteroatoms. The molecule has 1 atom stereocenters. The number of amides is 2. The Kier molecular flexibility index (Phi) is 7.34. The normalized spacial score (nSPS) is 18.4. The van der Waals surface area contributed by atoms with Gasteiger partial charge in [-0.15, -0.1) is 0 Å². The molecule has 150 valence electrons. The van der Waals surface area contributed by atoms with Crippen LogP contribution < -0.4 is 11.1 Å². The Balaban J connectivity index is 1.78. The predicted molar refractivity (Wildman–Crippen MR) is 103 cm³/mol. The second kappa shape index (κ2) is 9.29. The number of hydrogen-bond donors (Lipinski definition) is 2. The lowest BCUT2D eigenvalue weighted by atomic mass is 9.97. The highest BCUT2D eigenvalue weighted by atomic mass is 32.2. The minimum atomic E-state index is -3.50. The second-order valence-electron chi connectivity index (χ2n) is 6.96. The molecule has 0 unspecified atom stereocenters. The van der Waals surface area contributed by atoms with E-state index in [9.17, 15) is 18.0 Å². The first-order valence-electron chi connectivity index (χ1n) is 9.04. The molecule has 0 aromatic heterocycles. The number of piperidine rings is 1. The fourth-order valence-corrected chi connectivity index (χ4v) is 3.99. The second-order valence-corrected chi connectivity index (χ2v) is 9.12. The molecule has 2 amide bonds. The third-order valence-electron chi connectivity index (χ3n) is 4.74. The summed E-state index contributed by atoms with van der Waals surface area (Å²) in [7, 11) is -0.576. The van der Waals surface area contributed by atoms with Gasteiger partial charge in [0.05, 0.1) is 10.8 Å². The molecule has 1 heterocycles. The Morgan fingerprint density at radius 1 is 1.26 bits per heavy atom. The average Bonchev–Trinajstić information content (AvgIpc) is 2.65. The number of hydrogen-bond acceptors (Lipinski definition) is 5. The summed E-state index contributed by atoms with van der Waals surface area (Å²) in [5.74, 6) is -0.560. The van der Waals surface area contributed by atoms with Gasteiger partial charge in [-0.3, -0.25) is 9.59 Å². The van der Waals surface area contributed by atoms with Gasteiger partial charge in [0.2, 0.25) is 15.9 Å². The van der Waals surface area contributed by atoms with E-state index in [2.05, 4.69) is 10.2 Å². The van der Waals surface area contributed by atoms with Gasteiger partial charge in [0.25, 0.3) is 5.91 Å². The zero-order valence-electron chi connectivity index (χ0n) is 15.8. The molecule has 2 rings (SSSR count). The SMILES string of the molecule is CN(C)S(=O)(=O)c1ccc(C(=O)NCCCN2CCC[C@H](C(N)=O)C2)cc1. The van der Waals surface area contributed by atoms with Crippen LogP contribution in [0.3, 0.4) is 0 Å². The van der Waals surface area contributed by atoms with Crippen molar-refractivity contribution in [2.45, 2.75) is 24.2 Å². The molecule has 0 saturated carbocycles. The third-order valence-corrected chi connectivity index (χ3v) is 6.57. The summed E-state index contributed by atoms with van der Waals surface area (Å²) in [4.78, 5) is 25.8. The first-order chi connectivity index (χ1) is 12.7. The van der Waals surface area contributed by atoms with Crippen molar-refractivity contribution in [3.05, 3.63) is 29.8 Å². The molecule has 1 aliphatic heterocycles. The molecule has 1 aliphatic rings. The molecule has 0 spiro atoms. The van der Waals surface area contributed by atoms with E-state index in [-0.39, 0.29) is 22.6 Å². The minimum Gasteiger partial charge on any atom is -0.369 e. The first kappa shape index (κ1) is 21.3. The predicted octanol–water partition coefficient (Wildman–Crippen LogP) is 0.254. The largest absolute Gasteiger partial charge is 0.369 e. The topological polar surface area (TPSA) is 113 Å². The molecule has 1 fully saturated rings. The maximum absolute atomic E-state index is 12.2. The molecule has 27 heavy (non-hydrogen) atoms. The fraction of sp³-hybridized carbons (Fsp3) is 0.556. The summed E-state index contributed by atoms with van der Waals surface area (Å²) >= 11 is 0. The van der Waals surface area contributed by atoms with Crippen molar-refractivity contribution in [3.63, 3.8) is 0 Å². The molecule has 0 bridgehead atoms. The number of nitrogens with one attached hydrogen (secondary N) is 1. The maximum atomic E-state index is 12.2. The molecule has 3 N–H and O–H groups in total. The highest BCUT2D eigenvalue weighted by molar-refractivity contribution is 7.89. The molecule has 8 nitrogen and oxygen atoms in total. The third kappa shape index (κ3) is 5.75. The van der Waals surface area contributed by atoms with E-state index < -0.39 is 10.0 Å². The average molecular weight is 397 g/mol. The Morgan fingerprint density at radius 2 is 1.93 bits per heavy atom. The van der Waals surface area contributed by atoms with Crippen LogP contribution in [0.15, 0.2) is 29.2 Å². The van der Waals surface area contributed by atoms with Crippen LogP contribution in [0.5, 0.6) is 0 Å². The summed E-state index contributed by atoms with van der Waals surface area (Å²) in [5.41, 5.74) is 5.80. The van der Waals surface area contributed by atoms with Crippen molar-refractivity contribution in [1.82, 2.24) is 14.5 Å². The van der Waals surface area contributed by atoms with Gasteiger partial charge in [-0.25, -0.2) is 12.7 Å². The summed E-state index contributed by atoms with van der Waals surface area (Å²) in [6, 6.07) is 5.88. The Bertz CT molecular complexity index is 762. The van der Waals surface area contributed by atoms with Gasteiger partial charge in [-0.05, 0) is 56.6 Å². The Labute approximate surface area is 160 Å². The standard InChI is InChI=1S/C18H28N4O4S/c1-21(2)27(25,26)16-8-6-14(7-9-16)18(24)20-10-4-12-22-11-3-5-15(13-22)17(19)23/h6-9,15H,3-5,10-13H2,1-2H3,(H2,19,23)(H,20,24)/t15-/m0/s1. The summed E-state index contributed by atoms with van der Waals surface area (Å²) in [6.07, 6.45) is 2.58. The number of rotatable bonds is 8. The van der Waals surface area contributed by atoms with Crippen molar-refractivity contribution in [3.8, 4) is 0 Å². The van der Waals surface area contributed by atoms with Crippen molar-refractivity contribution >= 4 is 21.8 Å². The number of carbonyl (C=O) groups excluding carboxylic acids is 2. The van der Waals surface area contributed by atoms with Crippen LogP contribution in [0.2, 0.25) is 0 Å². The number of likely N-dealkylation sites (tertiary alicyclic amines) is 1. The number of primary amides is 1. The van der Waals surface area contributed by atoms with Gasteiger partial charge in [0.1, 0.15) is 0 Å². The van der Waals surface area contributed by atoms with Crippen LogP contribution in [0.25, 0.3) is 0 Å². The Hall–Kier alpha value is -1.97. The molecule has 1 aromatic carbocycles. The van der Waals surface area contributed by atoms with Crippen LogP contribution >= 0.6 is 0 Å². The maximum Gasteiger partial charge on any atom is 0.251 e. The molecule has 0 aliphatic carbocycles. The molecular weight excluding hydrogens is 368 g/mol. The summed E-state index contributed by atoms with van der Waals surface area (Å²) < 4.78 is 25.2. The van der Waals surface area contributed by atoms with Gasteiger partial charge < -0.3 is 16.0 Å². The van der Waals surface area contributed by atoms with Crippen LogP contribution in [0, 0.1) is 5.92 Å². The van der Waals surface area contributed by atoms with Gasteiger partial charge in [0, 0.05) is 32.7 Å². The number of nitrogens with two attached hydrogens (primary N) is 1. The number of nitrogens with zero attached hydrogens (tertiary/aromatic N) is 2. The summed E-state index contributed by atoms with van der Waals surface area (Å²) in [5, 5.41) is 2.84.